The topological polar surface area (TPSA) is 148 Å². The summed E-state index contributed by atoms with van der Waals surface area (Å²) in [4.78, 5) is 10.6. The molecule has 1 fully saturated rings. The average Bonchev–Trinajstić information content (AvgIpc) is 2.25. The van der Waals surface area contributed by atoms with Crippen molar-refractivity contribution in [3.63, 3.8) is 0 Å². The summed E-state index contributed by atoms with van der Waals surface area (Å²) in [5, 5.41) is 55.4. The maximum Gasteiger partial charge on any atom is 0.335 e. The zero-order valence-electron chi connectivity index (χ0n) is 8.22. The first-order valence-corrected chi connectivity index (χ1v) is 4.57. The molecular weight excluding hydrogens is 224 g/mol. The highest BCUT2D eigenvalue weighted by Gasteiger charge is 2.57. The van der Waals surface area contributed by atoms with Crippen molar-refractivity contribution in [1.29, 1.82) is 0 Å². The Balaban J connectivity index is 3.04. The minimum Gasteiger partial charge on any atom is -0.479 e. The maximum absolute atomic E-state index is 10.6. The van der Waals surface area contributed by atoms with Crippen LogP contribution in [-0.2, 0) is 9.53 Å². The molecule has 0 radical (unpaired) electrons. The lowest BCUT2D eigenvalue weighted by molar-refractivity contribution is -0.278. The van der Waals surface area contributed by atoms with Crippen LogP contribution in [0.5, 0.6) is 0 Å². The van der Waals surface area contributed by atoms with Crippen molar-refractivity contribution in [2.24, 2.45) is 0 Å². The molecule has 1 aliphatic rings. The molecule has 0 spiro atoms. The second-order valence-electron chi connectivity index (χ2n) is 3.64. The number of hydrogen-bond acceptors (Lipinski definition) is 7. The van der Waals surface area contributed by atoms with E-state index in [0.717, 1.165) is 0 Å². The minimum atomic E-state index is -2.65. The Morgan fingerprint density at radius 3 is 2.50 bits per heavy atom. The molecule has 1 aliphatic heterocycles. The summed E-state index contributed by atoms with van der Waals surface area (Å²) in [7, 11) is 0. The van der Waals surface area contributed by atoms with Crippen LogP contribution in [0, 0.1) is 0 Å². The van der Waals surface area contributed by atoms with Crippen LogP contribution in [0.25, 0.3) is 0 Å². The van der Waals surface area contributed by atoms with Gasteiger partial charge in [0.15, 0.2) is 11.7 Å². The van der Waals surface area contributed by atoms with Gasteiger partial charge in [-0.3, -0.25) is 0 Å². The van der Waals surface area contributed by atoms with Crippen molar-refractivity contribution in [1.82, 2.24) is 0 Å². The van der Waals surface area contributed by atoms with Crippen molar-refractivity contribution in [2.75, 3.05) is 13.2 Å². The smallest absolute Gasteiger partial charge is 0.335 e. The zero-order chi connectivity index (χ0) is 12.5. The van der Waals surface area contributed by atoms with E-state index in [1.807, 2.05) is 0 Å². The van der Waals surface area contributed by atoms with Crippen LogP contribution in [0.15, 0.2) is 0 Å². The number of aliphatic carboxylic acids is 1. The molecule has 0 amide bonds. The summed E-state index contributed by atoms with van der Waals surface area (Å²) in [6.45, 7) is -1.17. The van der Waals surface area contributed by atoms with E-state index in [0.29, 0.717) is 0 Å². The molecular formula is C8H14O8. The SMILES string of the molecule is O=C(O)C(O)C1(O)[C@H](CO)OC[C@@H](O)[C@@H]1O. The molecule has 8 nitrogen and oxygen atoms in total. The second kappa shape index (κ2) is 4.62. The number of rotatable bonds is 3. The van der Waals surface area contributed by atoms with E-state index in [2.05, 4.69) is 0 Å². The van der Waals surface area contributed by atoms with Crippen LogP contribution in [0.3, 0.4) is 0 Å². The molecule has 1 rings (SSSR count). The summed E-state index contributed by atoms with van der Waals surface area (Å²) in [5.74, 6) is -1.79. The number of carbonyl (C=O) groups is 1. The molecule has 8 heteroatoms. The van der Waals surface area contributed by atoms with Gasteiger partial charge in [-0.25, -0.2) is 4.79 Å². The average molecular weight is 238 g/mol. The van der Waals surface area contributed by atoms with E-state index >= 15 is 0 Å². The number of ether oxygens (including phenoxy) is 1. The summed E-state index contributed by atoms with van der Waals surface area (Å²) in [6, 6.07) is 0. The molecule has 16 heavy (non-hydrogen) atoms. The lowest BCUT2D eigenvalue weighted by atomic mass is 9.80. The van der Waals surface area contributed by atoms with Gasteiger partial charge in [0.1, 0.15) is 18.3 Å². The Morgan fingerprint density at radius 1 is 1.50 bits per heavy atom. The van der Waals surface area contributed by atoms with Crippen molar-refractivity contribution in [2.45, 2.75) is 30.0 Å². The van der Waals surface area contributed by atoms with Crippen LogP contribution in [-0.4, -0.2) is 79.8 Å². The lowest BCUT2D eigenvalue weighted by Gasteiger charge is -2.45. The molecule has 6 N–H and O–H groups in total. The van der Waals surface area contributed by atoms with Crippen LogP contribution >= 0.6 is 0 Å². The standard InChI is InChI=1S/C8H14O8/c9-1-4-8(15,6(12)7(13)14)5(11)3(10)2-16-4/h3-6,9-12,15H,1-2H2,(H,13,14)/t3-,4+,5+,6?,8?/m1/s1. The van der Waals surface area contributed by atoms with Gasteiger partial charge >= 0.3 is 5.97 Å². The highest BCUT2D eigenvalue weighted by atomic mass is 16.5. The van der Waals surface area contributed by atoms with Gasteiger partial charge in [-0.1, -0.05) is 0 Å². The number of aliphatic hydroxyl groups excluding tert-OH is 4. The Bertz CT molecular complexity index is 265. The third kappa shape index (κ3) is 1.90. The second-order valence-corrected chi connectivity index (χ2v) is 3.64. The molecule has 0 aromatic heterocycles. The van der Waals surface area contributed by atoms with Crippen molar-refractivity contribution in [3.05, 3.63) is 0 Å². The van der Waals surface area contributed by atoms with E-state index < -0.39 is 42.6 Å². The summed E-state index contributed by atoms with van der Waals surface area (Å²) >= 11 is 0. The highest BCUT2D eigenvalue weighted by molar-refractivity contribution is 5.74. The molecule has 5 atom stereocenters. The monoisotopic (exact) mass is 238 g/mol. The number of hydrogen-bond donors (Lipinski definition) is 6. The summed E-state index contributed by atoms with van der Waals surface area (Å²) in [5.41, 5.74) is -2.65. The maximum atomic E-state index is 10.6. The quantitative estimate of drug-likeness (QED) is 0.294. The number of carboxylic acids is 1. The van der Waals surface area contributed by atoms with Gasteiger partial charge in [-0.05, 0) is 0 Å². The molecule has 2 unspecified atom stereocenters. The van der Waals surface area contributed by atoms with Crippen LogP contribution in [0.1, 0.15) is 0 Å². The van der Waals surface area contributed by atoms with E-state index in [1.54, 1.807) is 0 Å². The zero-order valence-corrected chi connectivity index (χ0v) is 8.22. The first-order chi connectivity index (χ1) is 7.35. The van der Waals surface area contributed by atoms with Gasteiger partial charge in [0.05, 0.1) is 13.2 Å². The number of carboxylic acid groups (broad SMARTS) is 1. The fourth-order valence-corrected chi connectivity index (χ4v) is 1.67. The Morgan fingerprint density at radius 2 is 2.06 bits per heavy atom. The van der Waals surface area contributed by atoms with Crippen molar-refractivity contribution >= 4 is 5.97 Å². The van der Waals surface area contributed by atoms with Gasteiger partial charge in [-0.15, -0.1) is 0 Å². The van der Waals surface area contributed by atoms with E-state index in [-0.39, 0.29) is 6.61 Å². The largest absolute Gasteiger partial charge is 0.479 e. The third-order valence-electron chi connectivity index (χ3n) is 2.66. The molecule has 0 bridgehead atoms. The van der Waals surface area contributed by atoms with Crippen molar-refractivity contribution < 1.29 is 40.2 Å². The number of aliphatic hydroxyl groups is 5. The molecule has 94 valence electrons. The van der Waals surface area contributed by atoms with Gasteiger partial charge in [0.25, 0.3) is 0 Å². The minimum absolute atomic E-state index is 0.374. The van der Waals surface area contributed by atoms with Crippen molar-refractivity contribution in [3.8, 4) is 0 Å². The molecule has 1 saturated heterocycles. The molecule has 1 heterocycles. The van der Waals surface area contributed by atoms with E-state index in [1.165, 1.54) is 0 Å². The van der Waals surface area contributed by atoms with Gasteiger partial charge in [0, 0.05) is 0 Å². The van der Waals surface area contributed by atoms with Crippen LogP contribution in [0.2, 0.25) is 0 Å². The molecule has 0 aromatic rings. The first-order valence-electron chi connectivity index (χ1n) is 4.57. The van der Waals surface area contributed by atoms with Gasteiger partial charge in [-0.2, -0.15) is 0 Å². The van der Waals surface area contributed by atoms with E-state index in [4.69, 9.17) is 14.9 Å². The highest BCUT2D eigenvalue weighted by Crippen LogP contribution is 2.29. The summed E-state index contributed by atoms with van der Waals surface area (Å²) in [6.07, 6.45) is -7.34. The lowest BCUT2D eigenvalue weighted by Crippen LogP contribution is -2.70. The molecule has 0 aliphatic carbocycles. The summed E-state index contributed by atoms with van der Waals surface area (Å²) < 4.78 is 4.76. The Kier molecular flexibility index (Phi) is 3.84. The molecule has 0 saturated carbocycles. The van der Waals surface area contributed by atoms with Gasteiger partial charge in [0.2, 0.25) is 0 Å². The normalized spacial score (nSPS) is 41.7. The predicted octanol–water partition coefficient (Wildman–Crippen LogP) is -3.72. The third-order valence-corrected chi connectivity index (χ3v) is 2.66. The predicted molar refractivity (Wildman–Crippen MR) is 47.4 cm³/mol. The van der Waals surface area contributed by atoms with Gasteiger partial charge < -0.3 is 35.4 Å². The molecule has 0 aromatic carbocycles. The fourth-order valence-electron chi connectivity index (χ4n) is 1.67. The first kappa shape index (κ1) is 13.3. The fraction of sp³-hybridized carbons (Fsp3) is 0.875. The Hall–Kier alpha value is -0.770. The van der Waals surface area contributed by atoms with E-state index in [9.17, 15) is 25.2 Å². The van der Waals surface area contributed by atoms with Crippen LogP contribution in [0.4, 0.5) is 0 Å². The Labute approximate surface area is 90.3 Å². The van der Waals surface area contributed by atoms with Crippen LogP contribution < -0.4 is 0 Å².